The summed E-state index contributed by atoms with van der Waals surface area (Å²) in [5, 5.41) is 6.18. The van der Waals surface area contributed by atoms with Gasteiger partial charge in [0.2, 0.25) is 0 Å². The zero-order valence-electron chi connectivity index (χ0n) is 8.65. The van der Waals surface area contributed by atoms with Crippen LogP contribution < -0.4 is 5.32 Å². The van der Waals surface area contributed by atoms with E-state index in [0.29, 0.717) is 15.8 Å². The maximum Gasteiger partial charge on any atom is 0.145 e. The van der Waals surface area contributed by atoms with Gasteiger partial charge in [0.25, 0.3) is 0 Å². The lowest BCUT2D eigenvalue weighted by Crippen LogP contribution is -1.91. The second-order valence-corrected chi connectivity index (χ2v) is 5.04. The molecule has 0 unspecified atom stereocenters. The third-order valence-corrected chi connectivity index (χ3v) is 3.55. The molecule has 0 bridgehead atoms. The molecule has 0 heterocycles. The van der Waals surface area contributed by atoms with E-state index in [1.54, 1.807) is 12.1 Å². The molecule has 1 N–H and O–H groups in total. The van der Waals surface area contributed by atoms with Crippen molar-refractivity contribution in [3.63, 3.8) is 0 Å². The fourth-order valence-corrected chi connectivity index (χ4v) is 2.24. The molecule has 2 rings (SSSR count). The van der Waals surface area contributed by atoms with Gasteiger partial charge in [-0.3, -0.25) is 0 Å². The second kappa shape index (κ2) is 5.42. The van der Waals surface area contributed by atoms with Crippen LogP contribution >= 0.6 is 31.9 Å². The number of nitroso groups, excluding NO2 is 1. The summed E-state index contributed by atoms with van der Waals surface area (Å²) in [6.45, 7) is 0. The quantitative estimate of drug-likeness (QED) is 0.753. The summed E-state index contributed by atoms with van der Waals surface area (Å²) in [5.41, 5.74) is 1.92. The van der Waals surface area contributed by atoms with Crippen LogP contribution in [0.25, 0.3) is 0 Å². The normalized spacial score (nSPS) is 10.0. The van der Waals surface area contributed by atoms with Gasteiger partial charge in [-0.15, -0.1) is 4.91 Å². The van der Waals surface area contributed by atoms with Crippen molar-refractivity contribution in [2.45, 2.75) is 0 Å². The standard InChI is InChI=1S/C12H8Br2N2O/c13-8-4-1-2-6-10(8)15-11-7-3-5-9(14)12(11)16-17/h1-7,15H. The van der Waals surface area contributed by atoms with E-state index in [1.165, 1.54) is 0 Å². The van der Waals surface area contributed by atoms with Crippen molar-refractivity contribution in [2.24, 2.45) is 5.18 Å². The molecular weight excluding hydrogens is 348 g/mol. The van der Waals surface area contributed by atoms with Gasteiger partial charge in [-0.25, -0.2) is 0 Å². The van der Waals surface area contributed by atoms with Crippen LogP contribution in [0.2, 0.25) is 0 Å². The highest BCUT2D eigenvalue weighted by atomic mass is 79.9. The number of nitrogens with one attached hydrogen (secondary N) is 1. The Kier molecular flexibility index (Phi) is 3.91. The third kappa shape index (κ3) is 2.73. The van der Waals surface area contributed by atoms with Crippen LogP contribution in [0.3, 0.4) is 0 Å². The van der Waals surface area contributed by atoms with E-state index in [9.17, 15) is 4.91 Å². The number of rotatable bonds is 3. The molecular formula is C12H8Br2N2O. The number of benzene rings is 2. The Balaban J connectivity index is 2.40. The van der Waals surface area contributed by atoms with Gasteiger partial charge in [-0.2, -0.15) is 0 Å². The molecule has 0 aromatic heterocycles. The fourth-order valence-electron chi connectivity index (χ4n) is 1.42. The number of anilines is 2. The van der Waals surface area contributed by atoms with Crippen molar-refractivity contribution in [3.8, 4) is 0 Å². The molecule has 0 aliphatic heterocycles. The lowest BCUT2D eigenvalue weighted by molar-refractivity contribution is 1.43. The highest BCUT2D eigenvalue weighted by molar-refractivity contribution is 9.11. The number of hydrogen-bond donors (Lipinski definition) is 1. The second-order valence-electron chi connectivity index (χ2n) is 3.33. The molecule has 0 atom stereocenters. The summed E-state index contributed by atoms with van der Waals surface area (Å²) < 4.78 is 1.60. The Morgan fingerprint density at radius 1 is 0.882 bits per heavy atom. The van der Waals surface area contributed by atoms with E-state index < -0.39 is 0 Å². The minimum atomic E-state index is 0.364. The number of halogens is 2. The lowest BCUT2D eigenvalue weighted by atomic mass is 10.2. The molecule has 2 aromatic rings. The first-order chi connectivity index (χ1) is 8.22. The number of para-hydroxylation sites is 1. The average Bonchev–Trinajstić information content (AvgIpc) is 2.32. The predicted molar refractivity (Wildman–Crippen MR) is 77.0 cm³/mol. The number of hydrogen-bond acceptors (Lipinski definition) is 3. The first kappa shape index (κ1) is 12.3. The van der Waals surface area contributed by atoms with Gasteiger partial charge in [-0.1, -0.05) is 18.2 Å². The lowest BCUT2D eigenvalue weighted by Gasteiger charge is -2.10. The Hall–Kier alpha value is -1.20. The Morgan fingerprint density at radius 2 is 1.53 bits per heavy atom. The topological polar surface area (TPSA) is 41.5 Å². The Morgan fingerprint density at radius 3 is 2.24 bits per heavy atom. The monoisotopic (exact) mass is 354 g/mol. The first-order valence-electron chi connectivity index (χ1n) is 4.86. The van der Waals surface area contributed by atoms with Crippen LogP contribution in [0.4, 0.5) is 17.1 Å². The Bertz CT molecular complexity index is 558. The maximum atomic E-state index is 10.8. The summed E-state index contributed by atoms with van der Waals surface area (Å²) in [5.74, 6) is 0. The van der Waals surface area contributed by atoms with Gasteiger partial charge < -0.3 is 5.32 Å². The summed E-state index contributed by atoms with van der Waals surface area (Å²) in [4.78, 5) is 10.8. The van der Waals surface area contributed by atoms with Gasteiger partial charge >= 0.3 is 0 Å². The van der Waals surface area contributed by atoms with Gasteiger partial charge in [0, 0.05) is 8.95 Å². The summed E-state index contributed by atoms with van der Waals surface area (Å²) in [7, 11) is 0. The molecule has 0 spiro atoms. The van der Waals surface area contributed by atoms with E-state index in [4.69, 9.17) is 0 Å². The van der Waals surface area contributed by atoms with E-state index in [2.05, 4.69) is 42.4 Å². The molecule has 0 saturated heterocycles. The highest BCUT2D eigenvalue weighted by Crippen LogP contribution is 2.36. The molecule has 0 amide bonds. The highest BCUT2D eigenvalue weighted by Gasteiger charge is 2.08. The molecule has 0 radical (unpaired) electrons. The van der Waals surface area contributed by atoms with Crippen molar-refractivity contribution in [2.75, 3.05) is 5.32 Å². The molecule has 0 aliphatic rings. The fraction of sp³-hybridized carbons (Fsp3) is 0. The van der Waals surface area contributed by atoms with Crippen molar-refractivity contribution < 1.29 is 0 Å². The van der Waals surface area contributed by atoms with Gasteiger partial charge in [0.1, 0.15) is 5.69 Å². The van der Waals surface area contributed by atoms with Crippen LogP contribution in [0.5, 0.6) is 0 Å². The smallest absolute Gasteiger partial charge is 0.145 e. The van der Waals surface area contributed by atoms with E-state index >= 15 is 0 Å². The predicted octanol–water partition coefficient (Wildman–Crippen LogP) is 5.35. The molecule has 2 aromatic carbocycles. The van der Waals surface area contributed by atoms with Crippen LogP contribution in [-0.4, -0.2) is 0 Å². The van der Waals surface area contributed by atoms with Crippen molar-refractivity contribution >= 4 is 48.9 Å². The van der Waals surface area contributed by atoms with Crippen molar-refractivity contribution in [3.05, 3.63) is 56.3 Å². The van der Waals surface area contributed by atoms with Crippen molar-refractivity contribution in [1.29, 1.82) is 0 Å². The minimum Gasteiger partial charge on any atom is -0.353 e. The third-order valence-electron chi connectivity index (χ3n) is 2.22. The molecule has 0 aliphatic carbocycles. The van der Waals surface area contributed by atoms with E-state index in [0.717, 1.165) is 10.2 Å². The van der Waals surface area contributed by atoms with Gasteiger partial charge in [0.15, 0.2) is 0 Å². The zero-order valence-corrected chi connectivity index (χ0v) is 11.8. The van der Waals surface area contributed by atoms with Gasteiger partial charge in [0.05, 0.1) is 11.4 Å². The van der Waals surface area contributed by atoms with Crippen molar-refractivity contribution in [1.82, 2.24) is 0 Å². The van der Waals surface area contributed by atoms with Crippen LogP contribution in [0.15, 0.2) is 56.6 Å². The first-order valence-corrected chi connectivity index (χ1v) is 6.44. The minimum absolute atomic E-state index is 0.364. The average molecular weight is 356 g/mol. The summed E-state index contributed by atoms with van der Waals surface area (Å²) in [6, 6.07) is 13.1. The van der Waals surface area contributed by atoms with E-state index in [-0.39, 0.29) is 0 Å². The molecule has 0 saturated carbocycles. The molecule has 17 heavy (non-hydrogen) atoms. The zero-order chi connectivity index (χ0) is 12.3. The van der Waals surface area contributed by atoms with Gasteiger partial charge in [-0.05, 0) is 61.3 Å². The summed E-state index contributed by atoms with van der Waals surface area (Å²) >= 11 is 6.73. The van der Waals surface area contributed by atoms with E-state index in [1.807, 2.05) is 30.3 Å². The Labute approximate surface area is 115 Å². The maximum absolute atomic E-state index is 10.8. The number of nitrogens with zero attached hydrogens (tertiary/aromatic N) is 1. The SMILES string of the molecule is O=Nc1c(Br)cccc1Nc1ccccc1Br. The molecule has 86 valence electrons. The largest absolute Gasteiger partial charge is 0.353 e. The molecule has 0 fully saturated rings. The summed E-state index contributed by atoms with van der Waals surface area (Å²) in [6.07, 6.45) is 0. The van der Waals surface area contributed by atoms with Crippen LogP contribution in [0.1, 0.15) is 0 Å². The molecule has 3 nitrogen and oxygen atoms in total. The van der Waals surface area contributed by atoms with Crippen LogP contribution in [-0.2, 0) is 0 Å². The van der Waals surface area contributed by atoms with Crippen LogP contribution in [0, 0.1) is 4.91 Å². The molecule has 5 heteroatoms.